The van der Waals surface area contributed by atoms with E-state index in [0.29, 0.717) is 0 Å². The third-order valence-electron chi connectivity index (χ3n) is 3.55. The molecule has 0 atom stereocenters. The van der Waals surface area contributed by atoms with Gasteiger partial charge in [-0.3, -0.25) is 0 Å². The fourth-order valence-corrected chi connectivity index (χ4v) is 4.70. The molecule has 0 amide bonds. The minimum absolute atomic E-state index is 0.135. The van der Waals surface area contributed by atoms with Crippen LogP contribution in [0, 0.1) is 5.82 Å². The summed E-state index contributed by atoms with van der Waals surface area (Å²) < 4.78 is 131. The molecule has 154 valence electrons. The van der Waals surface area contributed by atoms with Crippen LogP contribution in [0.25, 0.3) is 11.1 Å². The molecule has 2 rings (SSSR count). The maximum atomic E-state index is 14.3. The average Bonchev–Trinajstić information content (AvgIpc) is 2.52. The van der Waals surface area contributed by atoms with E-state index < -0.39 is 59.1 Å². The number of hydrogen-bond acceptors (Lipinski definition) is 2. The fraction of sp³-hybridized carbons (Fsp3) is 0.200. The third-order valence-corrected chi connectivity index (χ3v) is 6.17. The molecule has 0 radical (unpaired) electrons. The van der Waals surface area contributed by atoms with E-state index in [0.717, 1.165) is 30.3 Å². The largest absolute Gasteiger partial charge is 0.447 e. The van der Waals surface area contributed by atoms with Crippen molar-refractivity contribution in [3.05, 3.63) is 52.3 Å². The van der Waals surface area contributed by atoms with E-state index >= 15 is 0 Å². The zero-order valence-electron chi connectivity index (χ0n) is 13.0. The number of halogens is 10. The van der Waals surface area contributed by atoms with Gasteiger partial charge in [0.2, 0.25) is 9.84 Å². The zero-order chi connectivity index (χ0) is 21.7. The molecule has 0 fully saturated rings. The van der Waals surface area contributed by atoms with Gasteiger partial charge in [-0.25, -0.2) is 17.2 Å². The SMILES string of the molecule is O=S(=O)(c1cc(Cl)cc(Cl)c1-c1ccccc1F)C(F)(C(F)(F)F)C(F)(F)F. The Labute approximate surface area is 162 Å². The Balaban J connectivity index is 3.01. The van der Waals surface area contributed by atoms with Crippen LogP contribution in [0.15, 0.2) is 41.3 Å². The van der Waals surface area contributed by atoms with Crippen molar-refractivity contribution in [3.63, 3.8) is 0 Å². The van der Waals surface area contributed by atoms with E-state index in [1.165, 1.54) is 0 Å². The predicted octanol–water partition coefficient (Wildman–Crippen LogP) is 6.36. The van der Waals surface area contributed by atoms with Crippen LogP contribution in [0.5, 0.6) is 0 Å². The molecule has 0 unspecified atom stereocenters. The summed E-state index contributed by atoms with van der Waals surface area (Å²) in [4.78, 5) is -1.87. The number of hydrogen-bond donors (Lipinski definition) is 0. The minimum Gasteiger partial charge on any atom is -0.220 e. The summed E-state index contributed by atoms with van der Waals surface area (Å²) in [5.74, 6) is -1.23. The predicted molar refractivity (Wildman–Crippen MR) is 85.0 cm³/mol. The zero-order valence-corrected chi connectivity index (χ0v) is 15.3. The van der Waals surface area contributed by atoms with Gasteiger partial charge >= 0.3 is 17.4 Å². The highest BCUT2D eigenvalue weighted by atomic mass is 35.5. The molecule has 2 aromatic carbocycles. The Morgan fingerprint density at radius 3 is 1.79 bits per heavy atom. The van der Waals surface area contributed by atoms with Gasteiger partial charge in [-0.05, 0) is 18.2 Å². The van der Waals surface area contributed by atoms with Crippen LogP contribution in [0.2, 0.25) is 10.0 Å². The van der Waals surface area contributed by atoms with Gasteiger partial charge in [0.1, 0.15) is 5.82 Å². The second kappa shape index (κ2) is 7.03. The monoisotopic (exact) mass is 472 g/mol. The lowest BCUT2D eigenvalue weighted by Gasteiger charge is -2.30. The number of rotatable bonds is 3. The van der Waals surface area contributed by atoms with Gasteiger partial charge in [0, 0.05) is 16.1 Å². The van der Waals surface area contributed by atoms with Crippen LogP contribution in [-0.2, 0) is 9.84 Å². The lowest BCUT2D eigenvalue weighted by atomic mass is 10.1. The summed E-state index contributed by atoms with van der Waals surface area (Å²) in [5.41, 5.74) is -1.87. The Morgan fingerprint density at radius 2 is 1.32 bits per heavy atom. The lowest BCUT2D eigenvalue weighted by Crippen LogP contribution is -2.58. The summed E-state index contributed by atoms with van der Waals surface area (Å²) in [7, 11) is -6.91. The fourth-order valence-electron chi connectivity index (χ4n) is 2.30. The second-order valence-corrected chi connectivity index (χ2v) is 8.19. The molecule has 0 aliphatic carbocycles. The van der Waals surface area contributed by atoms with Crippen LogP contribution in [0.3, 0.4) is 0 Å². The maximum absolute atomic E-state index is 14.3. The number of alkyl halides is 7. The van der Waals surface area contributed by atoms with Gasteiger partial charge < -0.3 is 0 Å². The summed E-state index contributed by atoms with van der Waals surface area (Å²) in [6, 6.07) is 4.69. The Bertz CT molecular complexity index is 1000. The Kier molecular flexibility index (Phi) is 5.70. The molecule has 13 heteroatoms. The molecule has 0 aliphatic heterocycles. The van der Waals surface area contributed by atoms with Crippen molar-refractivity contribution in [1.29, 1.82) is 0 Å². The van der Waals surface area contributed by atoms with Gasteiger partial charge in [0.05, 0.1) is 9.92 Å². The smallest absolute Gasteiger partial charge is 0.220 e. The highest BCUT2D eigenvalue weighted by Gasteiger charge is 2.81. The number of sulfone groups is 1. The first-order valence-corrected chi connectivity index (χ1v) is 9.10. The second-order valence-electron chi connectivity index (χ2n) is 5.33. The van der Waals surface area contributed by atoms with Crippen molar-refractivity contribution in [3.8, 4) is 11.1 Å². The van der Waals surface area contributed by atoms with Gasteiger partial charge in [0.15, 0.2) is 0 Å². The summed E-state index contributed by atoms with van der Waals surface area (Å²) in [6.07, 6.45) is -13.8. The normalized spacial score (nSPS) is 13.6. The Morgan fingerprint density at radius 1 is 0.821 bits per heavy atom. The Hall–Kier alpha value is -1.59. The van der Waals surface area contributed by atoms with Crippen LogP contribution in [0.4, 0.5) is 35.1 Å². The van der Waals surface area contributed by atoms with E-state index in [1.807, 2.05) is 0 Å². The third kappa shape index (κ3) is 3.43. The van der Waals surface area contributed by atoms with Gasteiger partial charge in [-0.2, -0.15) is 26.3 Å². The lowest BCUT2D eigenvalue weighted by molar-refractivity contribution is -0.305. The van der Waals surface area contributed by atoms with Crippen LogP contribution in [0.1, 0.15) is 0 Å². The molecule has 0 aliphatic rings. The molecule has 28 heavy (non-hydrogen) atoms. The molecular weight excluding hydrogens is 467 g/mol. The van der Waals surface area contributed by atoms with Crippen LogP contribution < -0.4 is 0 Å². The number of benzene rings is 2. The molecular formula is C15H6Cl2F8O2S. The highest BCUT2D eigenvalue weighted by molar-refractivity contribution is 7.93. The van der Waals surface area contributed by atoms with Crippen molar-refractivity contribution >= 4 is 33.0 Å². The van der Waals surface area contributed by atoms with Gasteiger partial charge in [-0.1, -0.05) is 41.4 Å². The summed E-state index contributed by atoms with van der Waals surface area (Å²) >= 11 is 11.2. The van der Waals surface area contributed by atoms with Gasteiger partial charge in [-0.15, -0.1) is 0 Å². The van der Waals surface area contributed by atoms with Crippen molar-refractivity contribution in [2.75, 3.05) is 0 Å². The van der Waals surface area contributed by atoms with Crippen molar-refractivity contribution < 1.29 is 43.5 Å². The topological polar surface area (TPSA) is 34.1 Å². The molecule has 0 N–H and O–H groups in total. The van der Waals surface area contributed by atoms with Gasteiger partial charge in [0.25, 0.3) is 0 Å². The molecule has 0 spiro atoms. The molecule has 0 saturated carbocycles. The van der Waals surface area contributed by atoms with E-state index in [-0.39, 0.29) is 6.07 Å². The summed E-state index contributed by atoms with van der Waals surface area (Å²) in [5, 5.41) is -8.21. The van der Waals surface area contributed by atoms with E-state index in [4.69, 9.17) is 23.2 Å². The first-order valence-electron chi connectivity index (χ1n) is 6.86. The standard InChI is InChI=1S/C15H6Cl2F8O2S/c16-7-5-9(17)12(8-3-1-2-4-10(8)18)11(6-7)28(26,27)13(19,14(20,21)22)15(23,24)25/h1-6H. The van der Waals surface area contributed by atoms with E-state index in [2.05, 4.69) is 0 Å². The minimum atomic E-state index is -6.91. The molecule has 2 nitrogen and oxygen atoms in total. The maximum Gasteiger partial charge on any atom is 0.447 e. The van der Waals surface area contributed by atoms with Crippen molar-refractivity contribution in [2.24, 2.45) is 0 Å². The first kappa shape index (κ1) is 22.7. The molecule has 0 heterocycles. The summed E-state index contributed by atoms with van der Waals surface area (Å²) in [6.45, 7) is 0. The van der Waals surface area contributed by atoms with Crippen LogP contribution >= 0.6 is 23.2 Å². The first-order chi connectivity index (χ1) is 12.6. The quantitative estimate of drug-likeness (QED) is 0.486. The molecule has 0 saturated heterocycles. The average molecular weight is 473 g/mol. The molecule has 0 aromatic heterocycles. The molecule has 0 bridgehead atoms. The van der Waals surface area contributed by atoms with Crippen LogP contribution in [-0.4, -0.2) is 25.8 Å². The highest BCUT2D eigenvalue weighted by Crippen LogP contribution is 2.54. The van der Waals surface area contributed by atoms with E-state index in [9.17, 15) is 43.5 Å². The van der Waals surface area contributed by atoms with Crippen molar-refractivity contribution in [1.82, 2.24) is 0 Å². The van der Waals surface area contributed by atoms with Crippen molar-refractivity contribution in [2.45, 2.75) is 22.2 Å². The van der Waals surface area contributed by atoms with E-state index in [1.54, 1.807) is 0 Å². The molecule has 2 aromatic rings.